The van der Waals surface area contributed by atoms with Crippen LogP contribution in [0.15, 0.2) is 52.2 Å². The van der Waals surface area contributed by atoms with Crippen molar-refractivity contribution in [2.24, 2.45) is 7.05 Å². The lowest BCUT2D eigenvalue weighted by Gasteiger charge is -2.12. The molecular formula is C24H24F3N5O6. The van der Waals surface area contributed by atoms with Crippen molar-refractivity contribution in [3.63, 3.8) is 0 Å². The molecule has 0 fully saturated rings. The molecule has 11 nitrogen and oxygen atoms in total. The Labute approximate surface area is 213 Å². The molecule has 0 radical (unpaired) electrons. The minimum absolute atomic E-state index is 0.0205. The van der Waals surface area contributed by atoms with Crippen LogP contribution in [0.2, 0.25) is 0 Å². The highest BCUT2D eigenvalue weighted by Gasteiger charge is 2.31. The molecule has 38 heavy (non-hydrogen) atoms. The molecule has 0 atom stereocenters. The highest BCUT2D eigenvalue weighted by atomic mass is 19.4. The Morgan fingerprint density at radius 1 is 1.03 bits per heavy atom. The number of aliphatic hydroxyl groups is 1. The number of aryl methyl sites for hydroxylation is 2. The SMILES string of the molecule is Cc1ccc(Cn2c(OCCOc3cccc(OC(F)(F)F)c3)nc3c2c(=O)n(CCO)c(=O)n3C)cn1. The van der Waals surface area contributed by atoms with E-state index in [0.29, 0.717) is 0 Å². The minimum atomic E-state index is -4.83. The van der Waals surface area contributed by atoms with E-state index >= 15 is 0 Å². The molecule has 3 heterocycles. The molecule has 0 aliphatic heterocycles. The minimum Gasteiger partial charge on any atom is -0.490 e. The van der Waals surface area contributed by atoms with Gasteiger partial charge in [0, 0.05) is 25.0 Å². The van der Waals surface area contributed by atoms with Gasteiger partial charge in [0.15, 0.2) is 11.2 Å². The summed E-state index contributed by atoms with van der Waals surface area (Å²) >= 11 is 0. The maximum Gasteiger partial charge on any atom is 0.573 e. The highest BCUT2D eigenvalue weighted by Crippen LogP contribution is 2.26. The summed E-state index contributed by atoms with van der Waals surface area (Å²) in [5.74, 6) is -0.298. The van der Waals surface area contributed by atoms with Gasteiger partial charge in [0.2, 0.25) is 0 Å². The number of aromatic nitrogens is 5. The molecule has 0 bridgehead atoms. The third kappa shape index (κ3) is 5.96. The number of nitrogens with zero attached hydrogens (tertiary/aromatic N) is 5. The number of ether oxygens (including phenoxy) is 3. The number of benzene rings is 1. The van der Waals surface area contributed by atoms with Crippen molar-refractivity contribution >= 4 is 11.2 Å². The first-order valence-electron chi connectivity index (χ1n) is 11.4. The van der Waals surface area contributed by atoms with Crippen molar-refractivity contribution in [1.82, 2.24) is 23.7 Å². The third-order valence-corrected chi connectivity index (χ3v) is 5.46. The summed E-state index contributed by atoms with van der Waals surface area (Å²) in [7, 11) is 1.45. The second kappa shape index (κ2) is 11.0. The smallest absolute Gasteiger partial charge is 0.490 e. The Hall–Kier alpha value is -4.33. The normalized spacial score (nSPS) is 11.6. The van der Waals surface area contributed by atoms with Gasteiger partial charge in [0.25, 0.3) is 11.6 Å². The van der Waals surface area contributed by atoms with E-state index in [2.05, 4.69) is 14.7 Å². The van der Waals surface area contributed by atoms with Gasteiger partial charge < -0.3 is 19.3 Å². The Bertz CT molecular complexity index is 1540. The van der Waals surface area contributed by atoms with Gasteiger partial charge >= 0.3 is 12.1 Å². The number of rotatable bonds is 10. The fourth-order valence-corrected chi connectivity index (χ4v) is 3.73. The zero-order valence-electron chi connectivity index (χ0n) is 20.4. The average molecular weight is 535 g/mol. The van der Waals surface area contributed by atoms with E-state index in [1.165, 1.54) is 28.3 Å². The van der Waals surface area contributed by atoms with Crippen molar-refractivity contribution in [3.8, 4) is 17.5 Å². The monoisotopic (exact) mass is 535 g/mol. The van der Waals surface area contributed by atoms with Gasteiger partial charge in [0.05, 0.1) is 19.7 Å². The van der Waals surface area contributed by atoms with Crippen LogP contribution in [-0.4, -0.2) is 55.0 Å². The maximum atomic E-state index is 13.2. The fourth-order valence-electron chi connectivity index (χ4n) is 3.73. The number of imidazole rings is 1. The lowest BCUT2D eigenvalue weighted by Crippen LogP contribution is -2.40. The molecule has 4 rings (SSSR count). The van der Waals surface area contributed by atoms with Gasteiger partial charge in [0.1, 0.15) is 24.7 Å². The van der Waals surface area contributed by atoms with Crippen molar-refractivity contribution in [2.45, 2.75) is 26.4 Å². The molecule has 1 aromatic carbocycles. The largest absolute Gasteiger partial charge is 0.573 e. The van der Waals surface area contributed by atoms with Gasteiger partial charge in [-0.05, 0) is 30.7 Å². The number of hydrogen-bond acceptors (Lipinski definition) is 8. The van der Waals surface area contributed by atoms with E-state index in [0.717, 1.165) is 28.0 Å². The summed E-state index contributed by atoms with van der Waals surface area (Å²) in [4.78, 5) is 34.5. The van der Waals surface area contributed by atoms with E-state index in [-0.39, 0.29) is 49.2 Å². The average Bonchev–Trinajstić information content (AvgIpc) is 3.22. The summed E-state index contributed by atoms with van der Waals surface area (Å²) in [6, 6.07) is 8.70. The van der Waals surface area contributed by atoms with Gasteiger partial charge in [-0.25, -0.2) is 4.79 Å². The van der Waals surface area contributed by atoms with E-state index in [9.17, 15) is 27.9 Å². The molecule has 0 amide bonds. The first kappa shape index (κ1) is 26.7. The molecule has 0 unspecified atom stereocenters. The summed E-state index contributed by atoms with van der Waals surface area (Å²) < 4.78 is 56.1. The Morgan fingerprint density at radius 3 is 2.45 bits per heavy atom. The van der Waals surface area contributed by atoms with E-state index < -0.39 is 30.0 Å². The van der Waals surface area contributed by atoms with Crippen LogP contribution in [0, 0.1) is 6.92 Å². The van der Waals surface area contributed by atoms with Crippen molar-refractivity contribution in [1.29, 1.82) is 0 Å². The van der Waals surface area contributed by atoms with E-state index in [4.69, 9.17) is 9.47 Å². The second-order valence-electron chi connectivity index (χ2n) is 8.20. The molecule has 3 aromatic heterocycles. The first-order valence-corrected chi connectivity index (χ1v) is 11.4. The van der Waals surface area contributed by atoms with Crippen LogP contribution in [0.5, 0.6) is 17.5 Å². The lowest BCUT2D eigenvalue weighted by atomic mass is 10.2. The molecule has 0 aliphatic carbocycles. The molecule has 1 N–H and O–H groups in total. The maximum absolute atomic E-state index is 13.2. The quantitative estimate of drug-likeness (QED) is 0.306. The number of fused-ring (bicyclic) bond motifs is 1. The molecule has 0 aliphatic rings. The van der Waals surface area contributed by atoms with Gasteiger partial charge in [-0.15, -0.1) is 13.2 Å². The first-order chi connectivity index (χ1) is 18.1. The Balaban J connectivity index is 1.61. The fraction of sp³-hybridized carbons (Fsp3) is 0.333. The van der Waals surface area contributed by atoms with E-state index in [1.54, 1.807) is 12.3 Å². The van der Waals surface area contributed by atoms with Crippen LogP contribution in [0.1, 0.15) is 11.3 Å². The highest BCUT2D eigenvalue weighted by molar-refractivity contribution is 5.72. The Kier molecular flexibility index (Phi) is 7.71. The van der Waals surface area contributed by atoms with Crippen molar-refractivity contribution in [2.75, 3.05) is 19.8 Å². The van der Waals surface area contributed by atoms with Crippen molar-refractivity contribution in [3.05, 3.63) is 74.7 Å². The predicted octanol–water partition coefficient (Wildman–Crippen LogP) is 2.00. The summed E-state index contributed by atoms with van der Waals surface area (Å²) in [6.07, 6.45) is -3.19. The van der Waals surface area contributed by atoms with Crippen molar-refractivity contribution < 1.29 is 32.5 Å². The number of aliphatic hydroxyl groups excluding tert-OH is 1. The molecule has 202 valence electrons. The standard InChI is InChI=1S/C24H24F3N5O6/c1-15-6-7-16(13-28-15)14-32-19-20(30(2)23(35)31(8-9-33)21(19)34)29-22(32)37-11-10-36-17-4-3-5-18(12-17)38-24(25,26)27/h3-7,12-13,33H,8-11,14H2,1-2H3. The summed E-state index contributed by atoms with van der Waals surface area (Å²) in [6.45, 7) is 1.21. The van der Waals surface area contributed by atoms with Gasteiger partial charge in [-0.1, -0.05) is 12.1 Å². The zero-order valence-corrected chi connectivity index (χ0v) is 20.4. The third-order valence-electron chi connectivity index (χ3n) is 5.46. The van der Waals surface area contributed by atoms with Gasteiger partial charge in [-0.3, -0.25) is 23.5 Å². The van der Waals surface area contributed by atoms with Crippen LogP contribution in [0.25, 0.3) is 11.2 Å². The molecule has 0 saturated carbocycles. The number of alkyl halides is 3. The van der Waals surface area contributed by atoms with Crippen LogP contribution in [-0.2, 0) is 20.1 Å². The number of pyridine rings is 1. The summed E-state index contributed by atoms with van der Waals surface area (Å²) in [5, 5.41) is 9.34. The molecule has 14 heteroatoms. The predicted molar refractivity (Wildman–Crippen MR) is 129 cm³/mol. The van der Waals surface area contributed by atoms with Crippen LogP contribution >= 0.6 is 0 Å². The topological polar surface area (TPSA) is 123 Å². The lowest BCUT2D eigenvalue weighted by molar-refractivity contribution is -0.274. The molecular weight excluding hydrogens is 511 g/mol. The second-order valence-corrected chi connectivity index (χ2v) is 8.20. The zero-order chi connectivity index (χ0) is 27.4. The van der Waals surface area contributed by atoms with E-state index in [1.807, 2.05) is 13.0 Å². The Morgan fingerprint density at radius 2 is 1.76 bits per heavy atom. The number of hydrogen-bond donors (Lipinski definition) is 1. The van der Waals surface area contributed by atoms with Crippen LogP contribution < -0.4 is 25.5 Å². The van der Waals surface area contributed by atoms with Crippen LogP contribution in [0.4, 0.5) is 13.2 Å². The van der Waals surface area contributed by atoms with Gasteiger partial charge in [-0.2, -0.15) is 4.98 Å². The molecule has 0 saturated heterocycles. The molecule has 4 aromatic rings. The summed E-state index contributed by atoms with van der Waals surface area (Å²) in [5.41, 5.74) is 0.428. The van der Waals surface area contributed by atoms with Crippen LogP contribution in [0.3, 0.4) is 0 Å². The number of halogens is 3. The molecule has 0 spiro atoms.